The number of benzene rings is 2. The molecule has 2 aromatic carbocycles. The third kappa shape index (κ3) is 4.77. The number of piperazine rings is 1. The highest BCUT2D eigenvalue weighted by atomic mass is 32.2. The van der Waals surface area contributed by atoms with Gasteiger partial charge in [-0.2, -0.15) is 0 Å². The number of aromatic nitrogens is 2. The Morgan fingerprint density at radius 3 is 2.30 bits per heavy atom. The van der Waals surface area contributed by atoms with Crippen molar-refractivity contribution in [2.45, 2.75) is 23.9 Å². The van der Waals surface area contributed by atoms with Crippen molar-refractivity contribution in [3.8, 4) is 11.3 Å². The highest BCUT2D eigenvalue weighted by Crippen LogP contribution is 2.28. The summed E-state index contributed by atoms with van der Waals surface area (Å²) in [5.74, 6) is 0.198. The summed E-state index contributed by atoms with van der Waals surface area (Å²) >= 11 is 1.54. The zero-order valence-corrected chi connectivity index (χ0v) is 18.4. The number of carbonyl (C=O) groups is 1. The molecule has 2 heterocycles. The third-order valence-electron chi connectivity index (χ3n) is 5.58. The Morgan fingerprint density at radius 2 is 1.63 bits per heavy atom. The van der Waals surface area contributed by atoms with E-state index in [4.69, 9.17) is 0 Å². The van der Waals surface area contributed by atoms with Crippen LogP contribution in [0.1, 0.15) is 12.5 Å². The smallest absolute Gasteiger partial charge is 0.235 e. The highest BCUT2D eigenvalue weighted by Gasteiger charge is 2.26. The fourth-order valence-corrected chi connectivity index (χ4v) is 4.75. The van der Waals surface area contributed by atoms with E-state index in [1.54, 1.807) is 0 Å². The Labute approximate surface area is 182 Å². The predicted octanol–water partition coefficient (Wildman–Crippen LogP) is 3.91. The first kappa shape index (κ1) is 20.7. The van der Waals surface area contributed by atoms with Gasteiger partial charge in [0.2, 0.25) is 5.91 Å². The zero-order chi connectivity index (χ0) is 20.9. The molecule has 1 aliphatic heterocycles. The largest absolute Gasteiger partial charge is 0.339 e. The van der Waals surface area contributed by atoms with Crippen LogP contribution in [0.15, 0.2) is 72.0 Å². The van der Waals surface area contributed by atoms with Crippen LogP contribution in [-0.4, -0.2) is 56.7 Å². The van der Waals surface area contributed by atoms with E-state index < -0.39 is 0 Å². The Balaban J connectivity index is 1.32. The van der Waals surface area contributed by atoms with E-state index in [0.29, 0.717) is 0 Å². The topological polar surface area (TPSA) is 41.4 Å². The van der Waals surface area contributed by atoms with Gasteiger partial charge in [-0.25, -0.2) is 4.98 Å². The molecule has 1 amide bonds. The van der Waals surface area contributed by atoms with Crippen molar-refractivity contribution < 1.29 is 4.79 Å². The van der Waals surface area contributed by atoms with Gasteiger partial charge in [0.25, 0.3) is 0 Å². The van der Waals surface area contributed by atoms with Crippen LogP contribution in [0.2, 0.25) is 0 Å². The van der Waals surface area contributed by atoms with E-state index in [1.165, 1.54) is 17.3 Å². The second kappa shape index (κ2) is 9.49. The maximum absolute atomic E-state index is 13.0. The average molecular weight is 421 g/mol. The molecule has 6 heteroatoms. The standard InChI is InChI=1S/C24H28N4OS/c1-19(30-24-25-17-22(26(24)2)21-11-7-4-8-12-21)23(29)28-15-13-27(14-16-28)18-20-9-5-3-6-10-20/h3-12,17,19H,13-16,18H2,1-2H3. The van der Waals surface area contributed by atoms with Gasteiger partial charge in [-0.15, -0.1) is 0 Å². The van der Waals surface area contributed by atoms with Crippen LogP contribution in [0, 0.1) is 0 Å². The van der Waals surface area contributed by atoms with Gasteiger partial charge in [0.15, 0.2) is 5.16 Å². The molecule has 30 heavy (non-hydrogen) atoms. The van der Waals surface area contributed by atoms with E-state index in [-0.39, 0.29) is 11.2 Å². The van der Waals surface area contributed by atoms with Gasteiger partial charge in [-0.1, -0.05) is 72.4 Å². The van der Waals surface area contributed by atoms with Crippen molar-refractivity contribution in [2.75, 3.05) is 26.2 Å². The zero-order valence-electron chi connectivity index (χ0n) is 17.6. The lowest BCUT2D eigenvalue weighted by Crippen LogP contribution is -2.50. The quantitative estimate of drug-likeness (QED) is 0.567. The van der Waals surface area contributed by atoms with Crippen LogP contribution >= 0.6 is 11.8 Å². The first-order chi connectivity index (χ1) is 14.6. The molecule has 1 aromatic heterocycles. The number of hydrogen-bond acceptors (Lipinski definition) is 4. The molecule has 0 saturated carbocycles. The number of thioether (sulfide) groups is 1. The number of amides is 1. The molecule has 1 aliphatic rings. The second-order valence-corrected chi connectivity index (χ2v) is 9.01. The lowest BCUT2D eigenvalue weighted by atomic mass is 10.2. The van der Waals surface area contributed by atoms with Gasteiger partial charge in [-0.3, -0.25) is 9.69 Å². The summed E-state index contributed by atoms with van der Waals surface area (Å²) in [6.45, 7) is 6.33. The predicted molar refractivity (Wildman–Crippen MR) is 122 cm³/mol. The number of rotatable bonds is 6. The minimum absolute atomic E-state index is 0.157. The molecule has 3 aromatic rings. The minimum Gasteiger partial charge on any atom is -0.339 e. The highest BCUT2D eigenvalue weighted by molar-refractivity contribution is 8.00. The first-order valence-electron chi connectivity index (χ1n) is 10.4. The average Bonchev–Trinajstić information content (AvgIpc) is 3.15. The molecule has 0 spiro atoms. The molecule has 0 bridgehead atoms. The molecule has 0 radical (unpaired) electrons. The van der Waals surface area contributed by atoms with E-state index >= 15 is 0 Å². The van der Waals surface area contributed by atoms with Gasteiger partial charge in [0, 0.05) is 39.8 Å². The lowest BCUT2D eigenvalue weighted by molar-refractivity contribution is -0.132. The van der Waals surface area contributed by atoms with Crippen molar-refractivity contribution in [1.29, 1.82) is 0 Å². The monoisotopic (exact) mass is 420 g/mol. The molecule has 0 aliphatic carbocycles. The maximum Gasteiger partial charge on any atom is 0.235 e. The second-order valence-electron chi connectivity index (χ2n) is 7.70. The van der Waals surface area contributed by atoms with Crippen LogP contribution in [-0.2, 0) is 18.4 Å². The minimum atomic E-state index is -0.157. The summed E-state index contributed by atoms with van der Waals surface area (Å²) < 4.78 is 2.07. The van der Waals surface area contributed by atoms with Crippen LogP contribution < -0.4 is 0 Å². The van der Waals surface area contributed by atoms with Gasteiger partial charge in [0.05, 0.1) is 17.1 Å². The van der Waals surface area contributed by atoms with Gasteiger partial charge in [-0.05, 0) is 18.1 Å². The van der Waals surface area contributed by atoms with Gasteiger partial charge < -0.3 is 9.47 Å². The van der Waals surface area contributed by atoms with Gasteiger partial charge >= 0.3 is 0 Å². The van der Waals surface area contributed by atoms with E-state index in [0.717, 1.165) is 49.1 Å². The van der Waals surface area contributed by atoms with Crippen molar-refractivity contribution in [3.63, 3.8) is 0 Å². The number of carbonyl (C=O) groups excluding carboxylic acids is 1. The molecular formula is C24H28N4OS. The Kier molecular flexibility index (Phi) is 6.55. The van der Waals surface area contributed by atoms with E-state index in [9.17, 15) is 4.79 Å². The van der Waals surface area contributed by atoms with Crippen LogP contribution in [0.5, 0.6) is 0 Å². The van der Waals surface area contributed by atoms with Crippen molar-refractivity contribution in [1.82, 2.24) is 19.4 Å². The van der Waals surface area contributed by atoms with Crippen molar-refractivity contribution in [3.05, 3.63) is 72.4 Å². The molecule has 1 atom stereocenters. The summed E-state index contributed by atoms with van der Waals surface area (Å²) in [6.07, 6.45) is 1.89. The molecular weight excluding hydrogens is 392 g/mol. The molecule has 0 N–H and O–H groups in total. The summed E-state index contributed by atoms with van der Waals surface area (Å²) in [7, 11) is 2.01. The van der Waals surface area contributed by atoms with Crippen molar-refractivity contribution >= 4 is 17.7 Å². The van der Waals surface area contributed by atoms with E-state index in [1.807, 2.05) is 49.3 Å². The number of imidazole rings is 1. The molecule has 5 nitrogen and oxygen atoms in total. The van der Waals surface area contributed by atoms with Crippen LogP contribution in [0.25, 0.3) is 11.3 Å². The SMILES string of the molecule is CC(Sc1ncc(-c2ccccc2)n1C)C(=O)N1CCN(Cc2ccccc2)CC1. The molecule has 1 fully saturated rings. The van der Waals surface area contributed by atoms with Crippen LogP contribution in [0.4, 0.5) is 0 Å². The molecule has 1 saturated heterocycles. The summed E-state index contributed by atoms with van der Waals surface area (Å²) in [5.41, 5.74) is 3.52. The first-order valence-corrected chi connectivity index (χ1v) is 11.3. The summed E-state index contributed by atoms with van der Waals surface area (Å²) in [6, 6.07) is 20.7. The number of hydrogen-bond donors (Lipinski definition) is 0. The van der Waals surface area contributed by atoms with Gasteiger partial charge in [0.1, 0.15) is 0 Å². The fourth-order valence-electron chi connectivity index (χ4n) is 3.81. The van der Waals surface area contributed by atoms with Crippen molar-refractivity contribution in [2.24, 2.45) is 7.05 Å². The van der Waals surface area contributed by atoms with Crippen LogP contribution in [0.3, 0.4) is 0 Å². The lowest BCUT2D eigenvalue weighted by Gasteiger charge is -2.35. The molecule has 1 unspecified atom stereocenters. The third-order valence-corrected chi connectivity index (χ3v) is 6.72. The molecule has 4 rings (SSSR count). The fraction of sp³-hybridized carbons (Fsp3) is 0.333. The Bertz CT molecular complexity index is 965. The normalized spacial score (nSPS) is 15.9. The summed E-state index contributed by atoms with van der Waals surface area (Å²) in [4.78, 5) is 22.0. The maximum atomic E-state index is 13.0. The molecule has 156 valence electrons. The Hall–Kier alpha value is -2.57. The number of nitrogens with zero attached hydrogens (tertiary/aromatic N) is 4. The Morgan fingerprint density at radius 1 is 1.00 bits per heavy atom. The summed E-state index contributed by atoms with van der Waals surface area (Å²) in [5, 5.41) is 0.716. The van der Waals surface area contributed by atoms with E-state index in [2.05, 4.69) is 50.8 Å².